The van der Waals surface area contributed by atoms with Crippen LogP contribution in [0.3, 0.4) is 0 Å². The molecular weight excluding hydrogens is 483 g/mol. The molecule has 8 heteroatoms. The van der Waals surface area contributed by atoms with Gasteiger partial charge in [-0.2, -0.15) is 0 Å². The molecule has 0 radical (unpaired) electrons. The van der Waals surface area contributed by atoms with Crippen LogP contribution in [-0.4, -0.2) is 52.3 Å². The molecule has 0 aromatic heterocycles. The molecule has 7 nitrogen and oxygen atoms in total. The molecule has 2 N–H and O–H groups in total. The zero-order valence-electron chi connectivity index (χ0n) is 16.7. The molecule has 0 aliphatic carbocycles. The molecule has 2 aromatic rings. The predicted octanol–water partition coefficient (Wildman–Crippen LogP) is 2.45. The van der Waals surface area contributed by atoms with E-state index in [0.717, 1.165) is 30.2 Å². The van der Waals surface area contributed by atoms with Crippen molar-refractivity contribution in [3.05, 3.63) is 54.1 Å². The van der Waals surface area contributed by atoms with Crippen LogP contribution in [0.5, 0.6) is 11.5 Å². The van der Waals surface area contributed by atoms with Gasteiger partial charge in [0.25, 0.3) is 0 Å². The molecule has 29 heavy (non-hydrogen) atoms. The van der Waals surface area contributed by atoms with E-state index in [1.165, 1.54) is 5.56 Å². The maximum absolute atomic E-state index is 12.5. The summed E-state index contributed by atoms with van der Waals surface area (Å²) in [5.41, 5.74) is 2.22. The fourth-order valence-electron chi connectivity index (χ4n) is 3.08. The Morgan fingerprint density at radius 1 is 1.10 bits per heavy atom. The topological polar surface area (TPSA) is 75.2 Å². The van der Waals surface area contributed by atoms with Crippen LogP contribution < -0.4 is 25.0 Å². The van der Waals surface area contributed by atoms with Crippen molar-refractivity contribution in [2.75, 3.05) is 45.3 Å². The number of benzene rings is 2. The van der Waals surface area contributed by atoms with Gasteiger partial charge in [-0.3, -0.25) is 9.79 Å². The van der Waals surface area contributed by atoms with Crippen LogP contribution in [0.4, 0.5) is 5.69 Å². The molecule has 2 aromatic carbocycles. The number of halogens is 1. The molecule has 1 heterocycles. The van der Waals surface area contributed by atoms with Crippen molar-refractivity contribution in [3.8, 4) is 11.5 Å². The third-order valence-corrected chi connectivity index (χ3v) is 4.54. The summed E-state index contributed by atoms with van der Waals surface area (Å²) >= 11 is 0. The molecule has 0 unspecified atom stereocenters. The maximum atomic E-state index is 12.5. The van der Waals surface area contributed by atoms with Gasteiger partial charge in [0.1, 0.15) is 18.1 Å². The van der Waals surface area contributed by atoms with Gasteiger partial charge in [-0.15, -0.1) is 24.0 Å². The summed E-state index contributed by atoms with van der Waals surface area (Å²) < 4.78 is 10.8. The van der Waals surface area contributed by atoms with Gasteiger partial charge in [0.15, 0.2) is 5.96 Å². The third kappa shape index (κ3) is 6.25. The Balaban J connectivity index is 0.00000300. The van der Waals surface area contributed by atoms with Gasteiger partial charge in [0, 0.05) is 19.3 Å². The molecule has 1 amide bonds. The van der Waals surface area contributed by atoms with E-state index in [2.05, 4.69) is 21.7 Å². The van der Waals surface area contributed by atoms with Gasteiger partial charge in [-0.1, -0.05) is 18.2 Å². The molecule has 1 aliphatic rings. The van der Waals surface area contributed by atoms with Crippen molar-refractivity contribution in [1.29, 1.82) is 0 Å². The Labute approximate surface area is 188 Å². The number of carbonyl (C=O) groups is 1. The van der Waals surface area contributed by atoms with Gasteiger partial charge in [-0.05, 0) is 42.3 Å². The van der Waals surface area contributed by atoms with E-state index in [0.29, 0.717) is 19.1 Å². The third-order valence-electron chi connectivity index (χ3n) is 4.54. The van der Waals surface area contributed by atoms with Crippen LogP contribution in [0, 0.1) is 0 Å². The minimum Gasteiger partial charge on any atom is -0.497 e. The Morgan fingerprint density at radius 3 is 2.55 bits per heavy atom. The van der Waals surface area contributed by atoms with Gasteiger partial charge < -0.3 is 25.0 Å². The molecular formula is C21H27IN4O3. The van der Waals surface area contributed by atoms with Gasteiger partial charge in [-0.25, -0.2) is 0 Å². The quantitative estimate of drug-likeness (QED) is 0.259. The van der Waals surface area contributed by atoms with Crippen molar-refractivity contribution in [1.82, 2.24) is 10.6 Å². The number of methoxy groups -OCH3 is 1. The number of hydrogen-bond donors (Lipinski definition) is 2. The summed E-state index contributed by atoms with van der Waals surface area (Å²) in [6.45, 7) is 1.95. The summed E-state index contributed by atoms with van der Waals surface area (Å²) in [6, 6.07) is 15.4. The summed E-state index contributed by atoms with van der Waals surface area (Å²) in [5.74, 6) is 2.16. The van der Waals surface area contributed by atoms with Gasteiger partial charge in [0.05, 0.1) is 20.2 Å². The lowest BCUT2D eigenvalue weighted by molar-refractivity contribution is -0.117. The molecule has 156 valence electrons. The number of guanidine groups is 1. The van der Waals surface area contributed by atoms with Crippen LogP contribution in [-0.2, 0) is 11.2 Å². The summed E-state index contributed by atoms with van der Waals surface area (Å²) in [7, 11) is 3.31. The molecule has 0 saturated heterocycles. The lowest BCUT2D eigenvalue weighted by atomic mass is 10.2. The normalized spacial score (nSPS) is 12.6. The molecule has 3 rings (SSSR count). The van der Waals surface area contributed by atoms with Crippen LogP contribution >= 0.6 is 24.0 Å². The molecule has 0 atom stereocenters. The number of ether oxygens (including phenoxy) is 2. The highest BCUT2D eigenvalue weighted by atomic mass is 127. The van der Waals surface area contributed by atoms with Crippen molar-refractivity contribution in [3.63, 3.8) is 0 Å². The first-order valence-corrected chi connectivity index (χ1v) is 9.31. The number of rotatable bonds is 7. The minimum absolute atomic E-state index is 0. The number of carbonyl (C=O) groups excluding carboxylic acids is 1. The van der Waals surface area contributed by atoms with Crippen LogP contribution in [0.2, 0.25) is 0 Å². The molecule has 0 saturated carbocycles. The highest BCUT2D eigenvalue weighted by Crippen LogP contribution is 2.27. The molecule has 1 aliphatic heterocycles. The molecule has 0 bridgehead atoms. The smallest absolute Gasteiger partial charge is 0.246 e. The first-order chi connectivity index (χ1) is 13.7. The molecule has 0 fully saturated rings. The van der Waals surface area contributed by atoms with Crippen molar-refractivity contribution >= 4 is 41.5 Å². The number of fused-ring (bicyclic) bond motifs is 1. The lowest BCUT2D eigenvalue weighted by Gasteiger charge is -2.19. The van der Waals surface area contributed by atoms with Crippen molar-refractivity contribution in [2.45, 2.75) is 6.42 Å². The number of hydrogen-bond acceptors (Lipinski definition) is 4. The van der Waals surface area contributed by atoms with E-state index < -0.39 is 0 Å². The summed E-state index contributed by atoms with van der Waals surface area (Å²) in [4.78, 5) is 18.5. The van der Waals surface area contributed by atoms with E-state index >= 15 is 0 Å². The number of anilines is 1. The largest absolute Gasteiger partial charge is 0.497 e. The second-order valence-corrected chi connectivity index (χ2v) is 6.30. The SMILES string of the molecule is CN=C(NCCOc1ccc(OC)cc1)NCC(=O)N1CCc2ccccc21.I. The Bertz CT molecular complexity index is 827. The second-order valence-electron chi connectivity index (χ2n) is 6.30. The Hall–Kier alpha value is -2.49. The van der Waals surface area contributed by atoms with E-state index in [-0.39, 0.29) is 36.4 Å². The fraction of sp³-hybridized carbons (Fsp3) is 0.333. The zero-order chi connectivity index (χ0) is 19.8. The van der Waals surface area contributed by atoms with Crippen molar-refractivity contribution < 1.29 is 14.3 Å². The number of amides is 1. The Morgan fingerprint density at radius 2 is 1.83 bits per heavy atom. The minimum atomic E-state index is 0. The number of aliphatic imine (C=N–C) groups is 1. The Kier molecular flexibility index (Phi) is 9.04. The predicted molar refractivity (Wildman–Crippen MR) is 126 cm³/mol. The zero-order valence-corrected chi connectivity index (χ0v) is 19.0. The van der Waals surface area contributed by atoms with E-state index in [4.69, 9.17) is 9.47 Å². The summed E-state index contributed by atoms with van der Waals surface area (Å²) in [5, 5.41) is 6.21. The average molecular weight is 510 g/mol. The number of para-hydroxylation sites is 1. The van der Waals surface area contributed by atoms with E-state index in [1.807, 2.05) is 47.4 Å². The van der Waals surface area contributed by atoms with Crippen LogP contribution in [0.1, 0.15) is 5.56 Å². The van der Waals surface area contributed by atoms with E-state index in [9.17, 15) is 4.79 Å². The number of nitrogens with one attached hydrogen (secondary N) is 2. The highest BCUT2D eigenvalue weighted by molar-refractivity contribution is 14.0. The van der Waals surface area contributed by atoms with Crippen LogP contribution in [0.15, 0.2) is 53.5 Å². The lowest BCUT2D eigenvalue weighted by Crippen LogP contribution is -2.45. The number of nitrogens with zero attached hydrogens (tertiary/aromatic N) is 2. The van der Waals surface area contributed by atoms with Crippen LogP contribution in [0.25, 0.3) is 0 Å². The standard InChI is InChI=1S/C21H26N4O3.HI/c1-22-21(23-12-14-28-18-9-7-17(27-2)8-10-18)24-15-20(26)25-13-11-16-5-3-4-6-19(16)25;/h3-10H,11-15H2,1-2H3,(H2,22,23,24);1H. The average Bonchev–Trinajstić information content (AvgIpc) is 3.17. The fourth-order valence-corrected chi connectivity index (χ4v) is 3.08. The highest BCUT2D eigenvalue weighted by Gasteiger charge is 2.23. The maximum Gasteiger partial charge on any atom is 0.246 e. The van der Waals surface area contributed by atoms with Crippen molar-refractivity contribution in [2.24, 2.45) is 4.99 Å². The first-order valence-electron chi connectivity index (χ1n) is 9.31. The molecule has 0 spiro atoms. The van der Waals surface area contributed by atoms with E-state index in [1.54, 1.807) is 14.2 Å². The van der Waals surface area contributed by atoms with Gasteiger partial charge >= 0.3 is 0 Å². The second kappa shape index (κ2) is 11.5. The van der Waals surface area contributed by atoms with Gasteiger partial charge in [0.2, 0.25) is 5.91 Å². The monoisotopic (exact) mass is 510 g/mol. The first kappa shape index (κ1) is 22.8. The summed E-state index contributed by atoms with van der Waals surface area (Å²) in [6.07, 6.45) is 0.900.